The second-order valence-corrected chi connectivity index (χ2v) is 6.23. The molecule has 1 heterocycles. The molecule has 0 aliphatic carbocycles. The van der Waals surface area contributed by atoms with Gasteiger partial charge in [-0.25, -0.2) is 0 Å². The van der Waals surface area contributed by atoms with Gasteiger partial charge in [0.2, 0.25) is 5.91 Å². The number of nitrogens with one attached hydrogen (secondary N) is 2. The molecule has 0 saturated heterocycles. The van der Waals surface area contributed by atoms with Crippen LogP contribution in [0.3, 0.4) is 0 Å². The number of amides is 1. The van der Waals surface area contributed by atoms with E-state index >= 15 is 0 Å². The van der Waals surface area contributed by atoms with Gasteiger partial charge in [-0.15, -0.1) is 0 Å². The van der Waals surface area contributed by atoms with E-state index in [9.17, 15) is 14.9 Å². The van der Waals surface area contributed by atoms with Gasteiger partial charge in [-0.2, -0.15) is 0 Å². The summed E-state index contributed by atoms with van der Waals surface area (Å²) in [5.74, 6) is -0.240. The Kier molecular flexibility index (Phi) is 5.04. The highest BCUT2D eigenvalue weighted by atomic mass is 79.9. The summed E-state index contributed by atoms with van der Waals surface area (Å²) >= 11 is 3.19. The van der Waals surface area contributed by atoms with Gasteiger partial charge >= 0.3 is 5.69 Å². The predicted molar refractivity (Wildman–Crippen MR) is 79.6 cm³/mol. The van der Waals surface area contributed by atoms with Crippen LogP contribution in [-0.2, 0) is 4.79 Å². The average Bonchev–Trinajstić information content (AvgIpc) is 2.28. The molecule has 0 aliphatic rings. The molecule has 0 aromatic carbocycles. The lowest BCUT2D eigenvalue weighted by Gasteiger charge is -2.24. The summed E-state index contributed by atoms with van der Waals surface area (Å²) in [7, 11) is 0. The SMILES string of the molecule is CC(Nc1c(Br)cncc1[N+](=O)[O-])C(=O)NC(C)(C)C. The van der Waals surface area contributed by atoms with E-state index in [1.54, 1.807) is 6.92 Å². The van der Waals surface area contributed by atoms with E-state index in [1.807, 2.05) is 20.8 Å². The Morgan fingerprint density at radius 3 is 2.55 bits per heavy atom. The van der Waals surface area contributed by atoms with Gasteiger partial charge in [-0.1, -0.05) is 0 Å². The summed E-state index contributed by atoms with van der Waals surface area (Å²) in [6, 6.07) is -0.619. The van der Waals surface area contributed by atoms with Gasteiger partial charge in [-0.3, -0.25) is 19.9 Å². The summed E-state index contributed by atoms with van der Waals surface area (Å²) in [5, 5.41) is 16.6. The van der Waals surface area contributed by atoms with Gasteiger partial charge in [0, 0.05) is 11.7 Å². The molecule has 0 spiro atoms. The highest BCUT2D eigenvalue weighted by Crippen LogP contribution is 2.31. The Bertz CT molecular complexity index is 528. The highest BCUT2D eigenvalue weighted by molar-refractivity contribution is 9.10. The van der Waals surface area contributed by atoms with Crippen LogP contribution in [0.1, 0.15) is 27.7 Å². The van der Waals surface area contributed by atoms with Gasteiger partial charge in [-0.05, 0) is 43.6 Å². The first-order chi connectivity index (χ1) is 9.11. The van der Waals surface area contributed by atoms with E-state index in [-0.39, 0.29) is 22.8 Å². The zero-order valence-corrected chi connectivity index (χ0v) is 13.3. The number of pyridine rings is 1. The Hall–Kier alpha value is -1.70. The second kappa shape index (κ2) is 6.17. The molecule has 1 atom stereocenters. The molecule has 1 aromatic rings. The molecule has 0 bridgehead atoms. The maximum atomic E-state index is 12.0. The molecule has 1 rings (SSSR count). The van der Waals surface area contributed by atoms with Gasteiger partial charge < -0.3 is 10.6 Å². The molecule has 110 valence electrons. The van der Waals surface area contributed by atoms with E-state index in [1.165, 1.54) is 6.20 Å². The van der Waals surface area contributed by atoms with Crippen LogP contribution in [0.2, 0.25) is 0 Å². The zero-order chi connectivity index (χ0) is 15.5. The maximum absolute atomic E-state index is 12.0. The molecule has 7 nitrogen and oxygen atoms in total. The van der Waals surface area contributed by atoms with Crippen molar-refractivity contribution in [2.75, 3.05) is 5.32 Å². The number of anilines is 1. The lowest BCUT2D eigenvalue weighted by molar-refractivity contribution is -0.384. The predicted octanol–water partition coefficient (Wildman–Crippen LogP) is 2.47. The highest BCUT2D eigenvalue weighted by Gasteiger charge is 2.24. The summed E-state index contributed by atoms with van der Waals surface area (Å²) in [5.41, 5.74) is -0.314. The molecular weight excluding hydrogens is 328 g/mol. The van der Waals surface area contributed by atoms with Crippen LogP contribution in [0.5, 0.6) is 0 Å². The lowest BCUT2D eigenvalue weighted by atomic mass is 10.1. The van der Waals surface area contributed by atoms with Crippen molar-refractivity contribution in [2.45, 2.75) is 39.3 Å². The fraction of sp³-hybridized carbons (Fsp3) is 0.500. The summed E-state index contributed by atoms with van der Waals surface area (Å²) in [4.78, 5) is 26.1. The topological polar surface area (TPSA) is 97.2 Å². The van der Waals surface area contributed by atoms with Crippen LogP contribution in [0.25, 0.3) is 0 Å². The van der Waals surface area contributed by atoms with Crippen LogP contribution in [0.4, 0.5) is 11.4 Å². The number of nitrogens with zero attached hydrogens (tertiary/aromatic N) is 2. The van der Waals surface area contributed by atoms with Crippen LogP contribution < -0.4 is 10.6 Å². The van der Waals surface area contributed by atoms with Crippen molar-refractivity contribution in [3.8, 4) is 0 Å². The first-order valence-corrected chi connectivity index (χ1v) is 6.77. The summed E-state index contributed by atoms with van der Waals surface area (Å²) < 4.78 is 0.433. The first kappa shape index (κ1) is 16.4. The number of hydrogen-bond acceptors (Lipinski definition) is 5. The first-order valence-electron chi connectivity index (χ1n) is 5.98. The fourth-order valence-electron chi connectivity index (χ4n) is 1.47. The molecule has 0 fully saturated rings. The van der Waals surface area contributed by atoms with Gasteiger partial charge in [0.1, 0.15) is 17.9 Å². The molecule has 20 heavy (non-hydrogen) atoms. The summed E-state index contributed by atoms with van der Waals surface area (Å²) in [6.45, 7) is 7.23. The third-order valence-corrected chi connectivity index (χ3v) is 2.93. The largest absolute Gasteiger partial charge is 0.367 e. The standard InChI is InChI=1S/C12H17BrN4O3/c1-7(11(18)16-12(2,3)4)15-10-8(13)5-14-6-9(10)17(19)20/h5-7H,1-4H3,(H,14,15)(H,16,18). The molecule has 0 radical (unpaired) electrons. The molecule has 0 saturated carbocycles. The number of hydrogen-bond donors (Lipinski definition) is 2. The quantitative estimate of drug-likeness (QED) is 0.645. The van der Waals surface area contributed by atoms with Crippen molar-refractivity contribution in [3.63, 3.8) is 0 Å². The fourth-order valence-corrected chi connectivity index (χ4v) is 1.90. The van der Waals surface area contributed by atoms with Gasteiger partial charge in [0.25, 0.3) is 0 Å². The molecule has 8 heteroatoms. The van der Waals surface area contributed by atoms with E-state index in [2.05, 4.69) is 31.5 Å². The molecule has 1 unspecified atom stereocenters. The van der Waals surface area contributed by atoms with Crippen LogP contribution in [0, 0.1) is 10.1 Å². The molecule has 1 aromatic heterocycles. The van der Waals surface area contributed by atoms with Crippen LogP contribution >= 0.6 is 15.9 Å². The number of carbonyl (C=O) groups is 1. The summed E-state index contributed by atoms with van der Waals surface area (Å²) in [6.07, 6.45) is 2.57. The van der Waals surface area contributed by atoms with Crippen molar-refractivity contribution >= 4 is 33.2 Å². The van der Waals surface area contributed by atoms with Crippen molar-refractivity contribution in [1.29, 1.82) is 0 Å². The minimum Gasteiger partial charge on any atom is -0.367 e. The zero-order valence-electron chi connectivity index (χ0n) is 11.7. The number of rotatable bonds is 4. The number of nitro groups is 1. The van der Waals surface area contributed by atoms with E-state index in [0.29, 0.717) is 4.47 Å². The van der Waals surface area contributed by atoms with Gasteiger partial charge in [0.05, 0.1) is 9.40 Å². The number of aromatic nitrogens is 1. The Labute approximate surface area is 125 Å². The van der Waals surface area contributed by atoms with Crippen molar-refractivity contribution in [3.05, 3.63) is 27.0 Å². The normalized spacial score (nSPS) is 12.7. The molecule has 1 amide bonds. The van der Waals surface area contributed by atoms with E-state index in [4.69, 9.17) is 0 Å². The molecule has 2 N–H and O–H groups in total. The number of carbonyl (C=O) groups excluding carboxylic acids is 1. The Morgan fingerprint density at radius 2 is 2.05 bits per heavy atom. The monoisotopic (exact) mass is 344 g/mol. The average molecular weight is 345 g/mol. The molecule has 0 aliphatic heterocycles. The van der Waals surface area contributed by atoms with Crippen LogP contribution in [-0.4, -0.2) is 27.4 Å². The lowest BCUT2D eigenvalue weighted by Crippen LogP contribution is -2.47. The minimum atomic E-state index is -0.619. The van der Waals surface area contributed by atoms with Crippen LogP contribution in [0.15, 0.2) is 16.9 Å². The van der Waals surface area contributed by atoms with Gasteiger partial charge in [0.15, 0.2) is 0 Å². The third-order valence-electron chi connectivity index (χ3n) is 2.33. The smallest absolute Gasteiger partial charge is 0.311 e. The third kappa shape index (κ3) is 4.44. The van der Waals surface area contributed by atoms with Crippen molar-refractivity contribution in [1.82, 2.24) is 10.3 Å². The Balaban J connectivity index is 2.93. The van der Waals surface area contributed by atoms with E-state index in [0.717, 1.165) is 6.20 Å². The van der Waals surface area contributed by atoms with Crippen molar-refractivity contribution < 1.29 is 9.72 Å². The molecular formula is C12H17BrN4O3. The number of halogens is 1. The minimum absolute atomic E-state index is 0.185. The maximum Gasteiger partial charge on any atom is 0.311 e. The Morgan fingerprint density at radius 1 is 1.45 bits per heavy atom. The van der Waals surface area contributed by atoms with Crippen molar-refractivity contribution in [2.24, 2.45) is 0 Å². The second-order valence-electron chi connectivity index (χ2n) is 5.38. The van der Waals surface area contributed by atoms with E-state index < -0.39 is 11.0 Å².